The Bertz CT molecular complexity index is 423. The van der Waals surface area contributed by atoms with Crippen molar-refractivity contribution in [1.82, 2.24) is 0 Å². The highest BCUT2D eigenvalue weighted by Gasteiger charge is 1.95. The fourth-order valence-electron chi connectivity index (χ4n) is 1.40. The summed E-state index contributed by atoms with van der Waals surface area (Å²) in [4.78, 5) is 0. The van der Waals surface area contributed by atoms with Crippen LogP contribution in [0.5, 0.6) is 0 Å². The van der Waals surface area contributed by atoms with E-state index in [0.29, 0.717) is 0 Å². The number of thiophene rings is 1. The molecule has 0 radical (unpaired) electrons. The van der Waals surface area contributed by atoms with E-state index >= 15 is 0 Å². The molecule has 0 bridgehead atoms. The number of benzene rings is 1. The maximum absolute atomic E-state index is 2.27. The summed E-state index contributed by atoms with van der Waals surface area (Å²) in [5.41, 5.74) is 1.39. The molecule has 66 valence electrons. The molecule has 0 nitrogen and oxygen atoms in total. The smallest absolute Gasteiger partial charge is 0.0342 e. The van der Waals surface area contributed by atoms with Crippen molar-refractivity contribution in [2.24, 2.45) is 0 Å². The van der Waals surface area contributed by atoms with Crippen LogP contribution >= 0.6 is 11.3 Å². The molecule has 1 heteroatoms. The van der Waals surface area contributed by atoms with Gasteiger partial charge in [-0.2, -0.15) is 0 Å². The lowest BCUT2D eigenvalue weighted by Crippen LogP contribution is -1.78. The fourth-order valence-corrected chi connectivity index (χ4v) is 2.17. The van der Waals surface area contributed by atoms with Gasteiger partial charge in [0, 0.05) is 4.70 Å². The van der Waals surface area contributed by atoms with Crippen LogP contribution in [0.3, 0.4) is 0 Å². The molecule has 0 aliphatic heterocycles. The van der Waals surface area contributed by atoms with Crippen molar-refractivity contribution in [2.75, 3.05) is 0 Å². The molecule has 1 aromatic carbocycles. The molecule has 1 aromatic heterocycles. The van der Waals surface area contributed by atoms with E-state index in [4.69, 9.17) is 0 Å². The molecule has 0 N–H and O–H groups in total. The monoisotopic (exact) mass is 188 g/mol. The SMILES string of the molecule is CC=CCc1ccc2sccc2c1. The lowest BCUT2D eigenvalue weighted by Gasteiger charge is -1.96. The van der Waals surface area contributed by atoms with Crippen molar-refractivity contribution in [2.45, 2.75) is 13.3 Å². The highest BCUT2D eigenvalue weighted by Crippen LogP contribution is 2.21. The molecule has 0 saturated carbocycles. The Balaban J connectivity index is 2.36. The normalized spacial score (nSPS) is 11.5. The molecule has 0 atom stereocenters. The first-order chi connectivity index (χ1) is 6.40. The summed E-state index contributed by atoms with van der Waals surface area (Å²) in [6.45, 7) is 2.06. The number of hydrogen-bond donors (Lipinski definition) is 0. The van der Waals surface area contributed by atoms with Crippen molar-refractivity contribution >= 4 is 21.4 Å². The first-order valence-electron chi connectivity index (χ1n) is 4.47. The van der Waals surface area contributed by atoms with Crippen molar-refractivity contribution in [3.63, 3.8) is 0 Å². The van der Waals surface area contributed by atoms with Crippen molar-refractivity contribution in [1.29, 1.82) is 0 Å². The maximum Gasteiger partial charge on any atom is 0.0342 e. The summed E-state index contributed by atoms with van der Waals surface area (Å²) >= 11 is 1.80. The van der Waals surface area contributed by atoms with Gasteiger partial charge in [-0.25, -0.2) is 0 Å². The molecule has 0 fully saturated rings. The van der Waals surface area contributed by atoms with E-state index in [2.05, 4.69) is 48.7 Å². The molecule has 2 rings (SSSR count). The van der Waals surface area contributed by atoms with Gasteiger partial charge in [0.15, 0.2) is 0 Å². The second-order valence-electron chi connectivity index (χ2n) is 3.07. The summed E-state index contributed by atoms with van der Waals surface area (Å²) in [5.74, 6) is 0. The van der Waals surface area contributed by atoms with Crippen molar-refractivity contribution in [3.8, 4) is 0 Å². The Kier molecular flexibility index (Phi) is 2.46. The Morgan fingerprint density at radius 1 is 1.31 bits per heavy atom. The minimum Gasteiger partial charge on any atom is -0.144 e. The summed E-state index contributed by atoms with van der Waals surface area (Å²) < 4.78 is 1.38. The molecule has 0 aliphatic carbocycles. The van der Waals surface area contributed by atoms with E-state index in [-0.39, 0.29) is 0 Å². The lowest BCUT2D eigenvalue weighted by molar-refractivity contribution is 1.28. The van der Waals surface area contributed by atoms with Crippen LogP contribution in [0, 0.1) is 0 Å². The van der Waals surface area contributed by atoms with E-state index in [9.17, 15) is 0 Å². The predicted molar refractivity (Wildman–Crippen MR) is 60.3 cm³/mol. The van der Waals surface area contributed by atoms with E-state index in [1.54, 1.807) is 11.3 Å². The third kappa shape index (κ3) is 1.81. The number of allylic oxidation sites excluding steroid dienone is 2. The maximum atomic E-state index is 2.27. The Morgan fingerprint density at radius 3 is 3.08 bits per heavy atom. The number of fused-ring (bicyclic) bond motifs is 1. The third-order valence-corrected chi connectivity index (χ3v) is 3.00. The van der Waals surface area contributed by atoms with Gasteiger partial charge in [0.2, 0.25) is 0 Å². The molecule has 0 unspecified atom stereocenters. The van der Waals surface area contributed by atoms with E-state index < -0.39 is 0 Å². The van der Waals surface area contributed by atoms with Crippen molar-refractivity contribution in [3.05, 3.63) is 47.4 Å². The quantitative estimate of drug-likeness (QED) is 0.624. The van der Waals surface area contributed by atoms with Gasteiger partial charge in [0.25, 0.3) is 0 Å². The van der Waals surface area contributed by atoms with Gasteiger partial charge in [-0.15, -0.1) is 11.3 Å². The van der Waals surface area contributed by atoms with Crippen LogP contribution in [0.1, 0.15) is 12.5 Å². The minimum atomic E-state index is 1.04. The largest absolute Gasteiger partial charge is 0.144 e. The molecular weight excluding hydrogens is 176 g/mol. The van der Waals surface area contributed by atoms with Crippen LogP contribution in [-0.4, -0.2) is 0 Å². The minimum absolute atomic E-state index is 1.04. The van der Waals surface area contributed by atoms with E-state index in [0.717, 1.165) is 6.42 Å². The predicted octanol–water partition coefficient (Wildman–Crippen LogP) is 4.02. The molecular formula is C12H12S. The molecule has 1 heterocycles. The van der Waals surface area contributed by atoms with Gasteiger partial charge in [0.05, 0.1) is 0 Å². The molecule has 2 aromatic rings. The Hall–Kier alpha value is -1.08. The molecule has 0 spiro atoms. The first-order valence-corrected chi connectivity index (χ1v) is 5.35. The van der Waals surface area contributed by atoms with Gasteiger partial charge >= 0.3 is 0 Å². The molecule has 0 saturated heterocycles. The van der Waals surface area contributed by atoms with Crippen LogP contribution in [0.4, 0.5) is 0 Å². The number of hydrogen-bond acceptors (Lipinski definition) is 1. The van der Waals surface area contributed by atoms with Crippen LogP contribution in [0.15, 0.2) is 41.8 Å². The second kappa shape index (κ2) is 3.75. The van der Waals surface area contributed by atoms with Gasteiger partial charge in [-0.1, -0.05) is 18.2 Å². The number of rotatable bonds is 2. The van der Waals surface area contributed by atoms with Gasteiger partial charge in [0.1, 0.15) is 0 Å². The zero-order chi connectivity index (χ0) is 9.10. The van der Waals surface area contributed by atoms with Gasteiger partial charge in [-0.05, 0) is 47.9 Å². The van der Waals surface area contributed by atoms with Crippen LogP contribution < -0.4 is 0 Å². The highest BCUT2D eigenvalue weighted by atomic mass is 32.1. The Morgan fingerprint density at radius 2 is 2.23 bits per heavy atom. The van der Waals surface area contributed by atoms with Crippen LogP contribution in [0.25, 0.3) is 10.1 Å². The van der Waals surface area contributed by atoms with Crippen LogP contribution in [0.2, 0.25) is 0 Å². The summed E-state index contributed by atoms with van der Waals surface area (Å²) in [6.07, 6.45) is 5.33. The average Bonchev–Trinajstić information content (AvgIpc) is 2.61. The Labute approximate surface area is 82.5 Å². The third-order valence-electron chi connectivity index (χ3n) is 2.11. The summed E-state index contributed by atoms with van der Waals surface area (Å²) in [7, 11) is 0. The molecule has 0 amide bonds. The molecule has 13 heavy (non-hydrogen) atoms. The van der Waals surface area contributed by atoms with Crippen LogP contribution in [-0.2, 0) is 6.42 Å². The first kappa shape index (κ1) is 8.52. The summed E-state index contributed by atoms with van der Waals surface area (Å²) in [6, 6.07) is 8.86. The second-order valence-corrected chi connectivity index (χ2v) is 4.01. The van der Waals surface area contributed by atoms with E-state index in [1.165, 1.54) is 15.6 Å². The van der Waals surface area contributed by atoms with E-state index in [1.807, 2.05) is 0 Å². The van der Waals surface area contributed by atoms with Crippen molar-refractivity contribution < 1.29 is 0 Å². The molecule has 0 aliphatic rings. The zero-order valence-corrected chi connectivity index (χ0v) is 8.47. The topological polar surface area (TPSA) is 0 Å². The lowest BCUT2D eigenvalue weighted by atomic mass is 10.1. The fraction of sp³-hybridized carbons (Fsp3) is 0.167. The summed E-state index contributed by atoms with van der Waals surface area (Å²) in [5, 5.41) is 3.51. The van der Waals surface area contributed by atoms with Gasteiger partial charge < -0.3 is 0 Å². The zero-order valence-electron chi connectivity index (χ0n) is 7.66. The average molecular weight is 188 g/mol. The van der Waals surface area contributed by atoms with Gasteiger partial charge in [-0.3, -0.25) is 0 Å². The standard InChI is InChI=1S/C12H12S/c1-2-3-4-10-5-6-12-11(9-10)7-8-13-12/h2-3,5-9H,4H2,1H3. The highest BCUT2D eigenvalue weighted by molar-refractivity contribution is 7.17.